The Hall–Kier alpha value is -4.34. The lowest BCUT2D eigenvalue weighted by Gasteiger charge is -2.32. The van der Waals surface area contributed by atoms with E-state index in [1.807, 2.05) is 23.5 Å². The van der Waals surface area contributed by atoms with Crippen molar-refractivity contribution in [2.45, 2.75) is 46.0 Å². The monoisotopic (exact) mass is 606 g/mol. The van der Waals surface area contributed by atoms with Gasteiger partial charge in [-0.1, -0.05) is 110 Å². The van der Waals surface area contributed by atoms with Gasteiger partial charge in [0.15, 0.2) is 0 Å². The highest BCUT2D eigenvalue weighted by molar-refractivity contribution is 7.17. The van der Waals surface area contributed by atoms with Crippen LogP contribution in [0.2, 0.25) is 0 Å². The molecule has 0 saturated heterocycles. The fourth-order valence-corrected chi connectivity index (χ4v) is 8.63. The molecule has 3 heteroatoms. The van der Waals surface area contributed by atoms with Gasteiger partial charge < -0.3 is 11.1 Å². The predicted molar refractivity (Wildman–Crippen MR) is 197 cm³/mol. The summed E-state index contributed by atoms with van der Waals surface area (Å²) in [4.78, 5) is 0. The summed E-state index contributed by atoms with van der Waals surface area (Å²) >= 11 is 1.93. The quantitative estimate of drug-likeness (QED) is 0.196. The Labute approximate surface area is 271 Å². The van der Waals surface area contributed by atoms with Crippen molar-refractivity contribution in [3.8, 4) is 11.1 Å². The number of nitrogen functional groups attached to an aromatic ring is 1. The Morgan fingerprint density at radius 2 is 1.78 bits per heavy atom. The van der Waals surface area contributed by atoms with E-state index in [0.717, 1.165) is 37.9 Å². The second-order valence-electron chi connectivity index (χ2n) is 12.6. The molecule has 226 valence electrons. The Balaban J connectivity index is 1.31. The number of rotatable bonds is 8. The van der Waals surface area contributed by atoms with Gasteiger partial charge in [0.25, 0.3) is 0 Å². The van der Waals surface area contributed by atoms with E-state index in [-0.39, 0.29) is 0 Å². The lowest BCUT2D eigenvalue weighted by Crippen LogP contribution is -2.24. The number of fused-ring (bicyclic) bond motifs is 3. The molecule has 0 saturated carbocycles. The topological polar surface area (TPSA) is 38.0 Å². The van der Waals surface area contributed by atoms with E-state index in [1.165, 1.54) is 65.4 Å². The standard InChI is InChI=1S/C42H42N2S/c1-3-34-32(19-13-22-36(34)35-20-10-7-14-28(35)2)27-44-40-26-33(29-15-5-4-6-16-29)25-38-37-21-11-8-18-31(41(37)45-42(38)40)24-30-17-9-12-23-39(30)43/h4-6,8-13,15-17,19-23,25-26,34,36,44H,3,7,14,18,24,27,43H2,1-2H3. The highest BCUT2D eigenvalue weighted by Gasteiger charge is 2.27. The number of nitrogens with two attached hydrogens (primary N) is 1. The van der Waals surface area contributed by atoms with Crippen LogP contribution < -0.4 is 20.8 Å². The Kier molecular flexibility index (Phi) is 8.45. The van der Waals surface area contributed by atoms with Crippen molar-refractivity contribution in [3.63, 3.8) is 0 Å². The van der Waals surface area contributed by atoms with Crippen molar-refractivity contribution in [2.75, 3.05) is 17.6 Å². The van der Waals surface area contributed by atoms with E-state index in [1.54, 1.807) is 5.57 Å². The number of para-hydroxylation sites is 1. The maximum atomic E-state index is 6.42. The first-order valence-corrected chi connectivity index (χ1v) is 17.2. The van der Waals surface area contributed by atoms with Crippen LogP contribution in [0.4, 0.5) is 11.4 Å². The highest BCUT2D eigenvalue weighted by Crippen LogP contribution is 2.39. The number of hydrogen-bond donors (Lipinski definition) is 2. The number of hydrogen-bond acceptors (Lipinski definition) is 3. The minimum absolute atomic E-state index is 0.450. The average molecular weight is 607 g/mol. The van der Waals surface area contributed by atoms with Crippen LogP contribution in [0.25, 0.3) is 32.9 Å². The molecule has 1 aromatic heterocycles. The average Bonchev–Trinajstić information content (AvgIpc) is 3.33. The van der Waals surface area contributed by atoms with Crippen molar-refractivity contribution in [2.24, 2.45) is 11.8 Å². The van der Waals surface area contributed by atoms with E-state index >= 15 is 0 Å². The minimum Gasteiger partial charge on any atom is -0.398 e. The Morgan fingerprint density at radius 3 is 2.60 bits per heavy atom. The molecule has 2 atom stereocenters. The molecule has 45 heavy (non-hydrogen) atoms. The summed E-state index contributed by atoms with van der Waals surface area (Å²) in [5.74, 6) is 0.948. The van der Waals surface area contributed by atoms with Crippen molar-refractivity contribution in [1.82, 2.24) is 0 Å². The molecule has 0 radical (unpaired) electrons. The van der Waals surface area contributed by atoms with Crippen LogP contribution in [0, 0.1) is 11.8 Å². The van der Waals surface area contributed by atoms with Crippen molar-refractivity contribution in [1.29, 1.82) is 0 Å². The maximum absolute atomic E-state index is 6.42. The molecule has 0 aliphatic heterocycles. The number of anilines is 2. The van der Waals surface area contributed by atoms with Gasteiger partial charge in [0, 0.05) is 33.3 Å². The maximum Gasteiger partial charge on any atom is 0.0587 e. The molecule has 4 aromatic rings. The Morgan fingerprint density at radius 1 is 0.933 bits per heavy atom. The number of nitrogens with one attached hydrogen (secondary N) is 1. The lowest BCUT2D eigenvalue weighted by molar-refractivity contribution is 0.482. The number of allylic oxidation sites excluding steroid dienone is 9. The zero-order valence-electron chi connectivity index (χ0n) is 26.4. The minimum atomic E-state index is 0.450. The smallest absolute Gasteiger partial charge is 0.0587 e. The first-order valence-electron chi connectivity index (χ1n) is 16.4. The first-order chi connectivity index (χ1) is 22.1. The van der Waals surface area contributed by atoms with E-state index in [0.29, 0.717) is 11.8 Å². The largest absolute Gasteiger partial charge is 0.398 e. The van der Waals surface area contributed by atoms with Crippen LogP contribution >= 0.6 is 11.3 Å². The van der Waals surface area contributed by atoms with E-state index in [9.17, 15) is 0 Å². The van der Waals surface area contributed by atoms with Gasteiger partial charge in [-0.2, -0.15) is 0 Å². The fourth-order valence-electron chi connectivity index (χ4n) is 7.32. The van der Waals surface area contributed by atoms with Gasteiger partial charge in [-0.05, 0) is 96.6 Å². The zero-order chi connectivity index (χ0) is 30.8. The first kappa shape index (κ1) is 29.4. The van der Waals surface area contributed by atoms with Crippen molar-refractivity contribution in [3.05, 3.63) is 141 Å². The van der Waals surface area contributed by atoms with Crippen molar-refractivity contribution < 1.29 is 0 Å². The molecule has 3 N–H and O–H groups in total. The van der Waals surface area contributed by atoms with Crippen LogP contribution in [0.3, 0.4) is 0 Å². The third kappa shape index (κ3) is 5.90. The van der Waals surface area contributed by atoms with Crippen molar-refractivity contribution >= 4 is 44.4 Å². The van der Waals surface area contributed by atoms with Gasteiger partial charge in [0.1, 0.15) is 0 Å². The second kappa shape index (κ2) is 12.9. The molecule has 7 rings (SSSR count). The number of benzene rings is 3. The highest BCUT2D eigenvalue weighted by atomic mass is 32.1. The van der Waals surface area contributed by atoms with Crippen LogP contribution in [0.5, 0.6) is 0 Å². The fraction of sp³-hybridized carbons (Fsp3) is 0.238. The van der Waals surface area contributed by atoms with Gasteiger partial charge in [-0.25, -0.2) is 0 Å². The summed E-state index contributed by atoms with van der Waals surface area (Å²) in [6.07, 6.45) is 23.9. The SMILES string of the molecule is CCC1C(CNc2cc(-c3ccccc3)cc3c4c(sc23)=C(Cc2ccccc2N)CC=CC=4)=CC=CC1C1=C(C)CCC=C1. The molecule has 0 bridgehead atoms. The molecule has 2 nitrogen and oxygen atoms in total. The zero-order valence-corrected chi connectivity index (χ0v) is 27.2. The van der Waals surface area contributed by atoms with Gasteiger partial charge in [-0.15, -0.1) is 11.3 Å². The molecule has 3 aliphatic rings. The third-order valence-electron chi connectivity index (χ3n) is 9.77. The van der Waals surface area contributed by atoms with Gasteiger partial charge in [0.2, 0.25) is 0 Å². The molecular weight excluding hydrogens is 565 g/mol. The molecule has 0 spiro atoms. The summed E-state index contributed by atoms with van der Waals surface area (Å²) < 4.78 is 2.71. The lowest BCUT2D eigenvalue weighted by atomic mass is 9.74. The molecule has 2 unspecified atom stereocenters. The summed E-state index contributed by atoms with van der Waals surface area (Å²) in [6, 6.07) is 23.8. The molecule has 3 aliphatic carbocycles. The van der Waals surface area contributed by atoms with Crippen LogP contribution in [0.1, 0.15) is 45.1 Å². The molecule has 1 heterocycles. The van der Waals surface area contributed by atoms with Crippen LogP contribution in [-0.4, -0.2) is 6.54 Å². The molecule has 0 amide bonds. The van der Waals surface area contributed by atoms with E-state index < -0.39 is 0 Å². The van der Waals surface area contributed by atoms with Gasteiger partial charge >= 0.3 is 0 Å². The van der Waals surface area contributed by atoms with Gasteiger partial charge in [0.05, 0.1) is 10.4 Å². The normalized spacial score (nSPS) is 19.3. The summed E-state index contributed by atoms with van der Waals surface area (Å²) in [6.45, 7) is 5.51. The summed E-state index contributed by atoms with van der Waals surface area (Å²) in [5.41, 5.74) is 18.2. The van der Waals surface area contributed by atoms with E-state index in [4.69, 9.17) is 5.73 Å². The summed E-state index contributed by atoms with van der Waals surface area (Å²) in [5, 5.41) is 6.62. The predicted octanol–water partition coefficient (Wildman–Crippen LogP) is 9.50. The van der Waals surface area contributed by atoms with Crippen LogP contribution in [0.15, 0.2) is 126 Å². The molecular formula is C42H42N2S. The van der Waals surface area contributed by atoms with Crippen LogP contribution in [-0.2, 0) is 6.42 Å². The molecule has 0 fully saturated rings. The summed E-state index contributed by atoms with van der Waals surface area (Å²) in [7, 11) is 0. The second-order valence-corrected chi connectivity index (χ2v) is 13.6. The molecule has 3 aromatic carbocycles. The third-order valence-corrected chi connectivity index (χ3v) is 11.1. The Bertz CT molecular complexity index is 2020. The van der Waals surface area contributed by atoms with Gasteiger partial charge in [-0.3, -0.25) is 0 Å². The van der Waals surface area contributed by atoms with E-state index in [2.05, 4.69) is 122 Å². The number of thiophene rings is 1.